The van der Waals surface area contributed by atoms with Crippen LogP contribution >= 0.6 is 0 Å². The van der Waals surface area contributed by atoms with Gasteiger partial charge < -0.3 is 24.0 Å². The second-order valence-corrected chi connectivity index (χ2v) is 12.3. The summed E-state index contributed by atoms with van der Waals surface area (Å²) in [5.74, 6) is 3.04. The van der Waals surface area contributed by atoms with Crippen LogP contribution in [0.3, 0.4) is 0 Å². The van der Waals surface area contributed by atoms with E-state index in [1.54, 1.807) is 21.3 Å². The van der Waals surface area contributed by atoms with Crippen LogP contribution in [0.5, 0.6) is 17.2 Å². The molecule has 3 aliphatic rings. The van der Waals surface area contributed by atoms with Gasteiger partial charge in [-0.3, -0.25) is 0 Å². The molecule has 0 saturated heterocycles. The lowest BCUT2D eigenvalue weighted by Crippen LogP contribution is -2.61. The number of fused-ring (bicyclic) bond motifs is 4. The molecule has 5 aromatic carbocycles. The molecule has 0 spiro atoms. The van der Waals surface area contributed by atoms with E-state index < -0.39 is 0 Å². The van der Waals surface area contributed by atoms with Crippen molar-refractivity contribution in [3.8, 4) is 17.2 Å². The van der Waals surface area contributed by atoms with Crippen LogP contribution in [0.4, 0.5) is 34.1 Å². The van der Waals surface area contributed by atoms with Crippen molar-refractivity contribution in [3.05, 3.63) is 109 Å². The summed E-state index contributed by atoms with van der Waals surface area (Å²) in [5.41, 5.74) is 12.0. The van der Waals surface area contributed by atoms with E-state index in [0.717, 1.165) is 40.0 Å². The minimum absolute atomic E-state index is 0.0307. The zero-order valence-electron chi connectivity index (χ0n) is 26.1. The zero-order chi connectivity index (χ0) is 30.5. The molecule has 2 aliphatic heterocycles. The van der Waals surface area contributed by atoms with E-state index in [9.17, 15) is 0 Å². The van der Waals surface area contributed by atoms with Gasteiger partial charge in [-0.25, -0.2) is 0 Å². The highest BCUT2D eigenvalue weighted by Crippen LogP contribution is 2.49. The molecule has 1 saturated carbocycles. The number of hydrogen-bond acceptors (Lipinski definition) is 5. The van der Waals surface area contributed by atoms with Crippen LogP contribution in [-0.4, -0.2) is 28.0 Å². The quantitative estimate of drug-likeness (QED) is 0.184. The Bertz CT molecular complexity index is 1890. The van der Waals surface area contributed by atoms with Gasteiger partial charge in [0.05, 0.1) is 27.0 Å². The van der Waals surface area contributed by atoms with Gasteiger partial charge in [-0.2, -0.15) is 0 Å². The molecule has 0 amide bonds. The predicted molar refractivity (Wildman–Crippen MR) is 186 cm³/mol. The summed E-state index contributed by atoms with van der Waals surface area (Å²) in [5, 5.41) is 0. The third-order valence-electron chi connectivity index (χ3n) is 9.93. The second kappa shape index (κ2) is 11.3. The van der Waals surface area contributed by atoms with Gasteiger partial charge in [0.25, 0.3) is 6.71 Å². The van der Waals surface area contributed by atoms with Crippen molar-refractivity contribution in [2.75, 3.05) is 31.1 Å². The molecule has 5 aromatic rings. The summed E-state index contributed by atoms with van der Waals surface area (Å²) in [4.78, 5) is 4.87. The number of benzene rings is 5. The van der Waals surface area contributed by atoms with E-state index in [-0.39, 0.29) is 6.71 Å². The van der Waals surface area contributed by atoms with Crippen molar-refractivity contribution in [1.82, 2.24) is 0 Å². The van der Waals surface area contributed by atoms with Gasteiger partial charge in [-0.1, -0.05) is 61.7 Å². The third-order valence-corrected chi connectivity index (χ3v) is 9.93. The molecule has 224 valence electrons. The number of hydrogen-bond donors (Lipinski definition) is 0. The summed E-state index contributed by atoms with van der Waals surface area (Å²) >= 11 is 0. The fourth-order valence-electron chi connectivity index (χ4n) is 7.83. The Morgan fingerprint density at radius 3 is 1.80 bits per heavy atom. The Hall–Kier alpha value is -4.84. The Kier molecular flexibility index (Phi) is 6.93. The largest absolute Gasteiger partial charge is 0.497 e. The average molecular weight is 593 g/mol. The van der Waals surface area contributed by atoms with Gasteiger partial charge in [0, 0.05) is 40.6 Å². The minimum Gasteiger partial charge on any atom is -0.497 e. The highest BCUT2D eigenvalue weighted by atomic mass is 16.5. The Balaban J connectivity index is 1.49. The van der Waals surface area contributed by atoms with E-state index in [0.29, 0.717) is 5.92 Å². The second-order valence-electron chi connectivity index (χ2n) is 12.3. The fourth-order valence-corrected chi connectivity index (χ4v) is 7.83. The van der Waals surface area contributed by atoms with Crippen LogP contribution in [0.25, 0.3) is 0 Å². The van der Waals surface area contributed by atoms with E-state index in [4.69, 9.17) is 14.2 Å². The molecule has 1 aliphatic carbocycles. The Labute approximate surface area is 266 Å². The fraction of sp³-hybridized carbons (Fsp3) is 0.231. The number of ether oxygens (including phenoxy) is 3. The molecular weight excluding hydrogens is 555 g/mol. The maximum absolute atomic E-state index is 6.00. The van der Waals surface area contributed by atoms with Crippen molar-refractivity contribution < 1.29 is 14.2 Å². The first-order valence-corrected chi connectivity index (χ1v) is 16.0. The monoisotopic (exact) mass is 592 g/mol. The molecule has 0 aromatic heterocycles. The Morgan fingerprint density at radius 2 is 1.16 bits per heavy atom. The molecule has 0 bridgehead atoms. The lowest BCUT2D eigenvalue weighted by Gasteiger charge is -2.45. The van der Waals surface area contributed by atoms with Crippen LogP contribution in [0.1, 0.15) is 43.6 Å². The number of nitrogens with zero attached hydrogens (tertiary/aromatic N) is 2. The maximum Gasteiger partial charge on any atom is 0.252 e. The number of rotatable bonds is 6. The molecule has 0 N–H and O–H groups in total. The first-order valence-electron chi connectivity index (χ1n) is 16.0. The molecule has 2 heterocycles. The standard InChI is InChI=1S/C39H37BN2O3/c1-43-29-18-20-31-34(24-29)41(28-14-8-5-9-15-28)36-22-27(26-12-6-4-7-13-26)23-37-39(36)40(31)32-21-19-30(44-2)25-35(32)42(37)33-16-10-11-17-38(33)45-3/h5,8-11,14-26H,4,6-7,12-13H2,1-3H3. The SMILES string of the molecule is COc1ccc2c(c1)N(c1ccccc1)c1cc(C3CCCCC3)cc3c1B2c1ccc(OC)cc1N3c1ccccc1OC. The summed E-state index contributed by atoms with van der Waals surface area (Å²) in [7, 11) is 5.25. The molecule has 6 heteroatoms. The van der Waals surface area contributed by atoms with Crippen molar-refractivity contribution in [2.45, 2.75) is 38.0 Å². The average Bonchev–Trinajstić information content (AvgIpc) is 3.11. The van der Waals surface area contributed by atoms with Crippen molar-refractivity contribution in [3.63, 3.8) is 0 Å². The topological polar surface area (TPSA) is 34.2 Å². The summed E-state index contributed by atoms with van der Waals surface area (Å²) in [6, 6.07) is 37.2. The molecule has 5 nitrogen and oxygen atoms in total. The highest BCUT2D eigenvalue weighted by molar-refractivity contribution is 7.00. The highest BCUT2D eigenvalue weighted by Gasteiger charge is 2.44. The van der Waals surface area contributed by atoms with Gasteiger partial charge in [0.1, 0.15) is 17.2 Å². The first-order chi connectivity index (χ1) is 22.2. The normalized spacial score (nSPS) is 15.2. The maximum atomic E-state index is 6.00. The Morgan fingerprint density at radius 1 is 0.556 bits per heavy atom. The smallest absolute Gasteiger partial charge is 0.252 e. The lowest BCUT2D eigenvalue weighted by molar-refractivity contribution is 0.414. The number of para-hydroxylation sites is 3. The van der Waals surface area contributed by atoms with Crippen LogP contribution in [0.15, 0.2) is 103 Å². The lowest BCUT2D eigenvalue weighted by atomic mass is 9.33. The summed E-state index contributed by atoms with van der Waals surface area (Å²) in [6.45, 7) is 0.0307. The third kappa shape index (κ3) is 4.46. The summed E-state index contributed by atoms with van der Waals surface area (Å²) in [6.07, 6.45) is 6.31. The van der Waals surface area contributed by atoms with Gasteiger partial charge in [0.2, 0.25) is 0 Å². The van der Waals surface area contributed by atoms with E-state index in [1.165, 1.54) is 65.4 Å². The number of anilines is 6. The van der Waals surface area contributed by atoms with E-state index in [1.807, 2.05) is 6.07 Å². The molecule has 8 rings (SSSR count). The molecule has 0 atom stereocenters. The molecule has 45 heavy (non-hydrogen) atoms. The van der Waals surface area contributed by atoms with Gasteiger partial charge >= 0.3 is 0 Å². The zero-order valence-corrected chi connectivity index (χ0v) is 26.1. The van der Waals surface area contributed by atoms with Crippen LogP contribution in [-0.2, 0) is 0 Å². The van der Waals surface area contributed by atoms with Gasteiger partial charge in [-0.05, 0) is 89.2 Å². The van der Waals surface area contributed by atoms with Crippen LogP contribution in [0.2, 0.25) is 0 Å². The molecule has 1 fully saturated rings. The molecule has 0 radical (unpaired) electrons. The number of methoxy groups -OCH3 is 3. The summed E-state index contributed by atoms with van der Waals surface area (Å²) < 4.78 is 17.6. The van der Waals surface area contributed by atoms with E-state index >= 15 is 0 Å². The van der Waals surface area contributed by atoms with Gasteiger partial charge in [-0.15, -0.1) is 0 Å². The van der Waals surface area contributed by atoms with Crippen molar-refractivity contribution in [2.24, 2.45) is 0 Å². The molecule has 0 unspecified atom stereocenters. The van der Waals surface area contributed by atoms with Crippen molar-refractivity contribution >= 4 is 57.2 Å². The minimum atomic E-state index is 0.0307. The van der Waals surface area contributed by atoms with Crippen molar-refractivity contribution in [1.29, 1.82) is 0 Å². The predicted octanol–water partition coefficient (Wildman–Crippen LogP) is 7.84. The van der Waals surface area contributed by atoms with Gasteiger partial charge in [0.15, 0.2) is 0 Å². The van der Waals surface area contributed by atoms with Crippen LogP contribution in [0, 0.1) is 0 Å². The first kappa shape index (κ1) is 27.7. The van der Waals surface area contributed by atoms with E-state index in [2.05, 4.69) is 107 Å². The molecular formula is C39H37BN2O3. The van der Waals surface area contributed by atoms with Crippen LogP contribution < -0.4 is 40.4 Å².